The first-order valence-electron chi connectivity index (χ1n) is 7.10. The Hall–Kier alpha value is -0.570. The molecule has 0 spiro atoms. The van der Waals surface area contributed by atoms with E-state index < -0.39 is 5.97 Å². The molecule has 98 valence electrons. The summed E-state index contributed by atoms with van der Waals surface area (Å²) in [6.45, 7) is 4.39. The quantitative estimate of drug-likeness (QED) is 0.820. The number of carbonyl (C=O) groups is 1. The third kappa shape index (κ3) is 2.82. The first-order valence-corrected chi connectivity index (χ1v) is 7.10. The number of carboxylic acid groups (broad SMARTS) is 1. The van der Waals surface area contributed by atoms with Crippen molar-refractivity contribution < 1.29 is 9.90 Å². The molecule has 1 atom stereocenters. The Morgan fingerprint density at radius 1 is 1.18 bits per heavy atom. The fraction of sp³-hybridized carbons (Fsp3) is 0.929. The molecule has 1 N–H and O–H groups in total. The molecule has 1 aliphatic heterocycles. The zero-order chi connectivity index (χ0) is 12.3. The van der Waals surface area contributed by atoms with Crippen LogP contribution in [0, 0.1) is 5.92 Å². The molecule has 0 aromatic heterocycles. The summed E-state index contributed by atoms with van der Waals surface area (Å²) in [6.07, 6.45) is 9.14. The minimum Gasteiger partial charge on any atom is -0.481 e. The molecule has 1 saturated heterocycles. The third-order valence-electron chi connectivity index (χ3n) is 4.82. The van der Waals surface area contributed by atoms with Gasteiger partial charge in [0.15, 0.2) is 0 Å². The van der Waals surface area contributed by atoms with Crippen LogP contribution in [0.4, 0.5) is 0 Å². The van der Waals surface area contributed by atoms with Gasteiger partial charge in [0.1, 0.15) is 0 Å². The Labute approximate surface area is 104 Å². The Morgan fingerprint density at radius 3 is 2.29 bits per heavy atom. The zero-order valence-corrected chi connectivity index (χ0v) is 11.0. The molecule has 2 rings (SSSR count). The highest BCUT2D eigenvalue weighted by Crippen LogP contribution is 2.40. The van der Waals surface area contributed by atoms with E-state index in [9.17, 15) is 9.90 Å². The highest BCUT2D eigenvalue weighted by atomic mass is 16.4. The van der Waals surface area contributed by atoms with Crippen LogP contribution >= 0.6 is 0 Å². The van der Waals surface area contributed by atoms with Gasteiger partial charge < -0.3 is 5.11 Å². The maximum Gasteiger partial charge on any atom is 0.305 e. The number of aliphatic carboxylic acids is 1. The van der Waals surface area contributed by atoms with E-state index in [0.717, 1.165) is 13.1 Å². The van der Waals surface area contributed by atoms with Gasteiger partial charge in [0.2, 0.25) is 0 Å². The molecule has 2 fully saturated rings. The molecule has 2 aliphatic rings. The highest BCUT2D eigenvalue weighted by Gasteiger charge is 2.42. The monoisotopic (exact) mass is 239 g/mol. The van der Waals surface area contributed by atoms with Crippen LogP contribution in [-0.4, -0.2) is 34.6 Å². The average Bonchev–Trinajstić information content (AvgIpc) is 2.83. The summed E-state index contributed by atoms with van der Waals surface area (Å²) in [5, 5.41) is 9.21. The predicted molar refractivity (Wildman–Crippen MR) is 68.0 cm³/mol. The lowest BCUT2D eigenvalue weighted by molar-refractivity contribution is -0.141. The third-order valence-corrected chi connectivity index (χ3v) is 4.82. The summed E-state index contributed by atoms with van der Waals surface area (Å²) in [5.41, 5.74) is -0.0945. The van der Waals surface area contributed by atoms with Gasteiger partial charge in [-0.05, 0) is 51.6 Å². The molecule has 0 radical (unpaired) electrons. The number of hydrogen-bond acceptors (Lipinski definition) is 2. The van der Waals surface area contributed by atoms with Crippen molar-refractivity contribution in [3.63, 3.8) is 0 Å². The molecule has 1 aliphatic carbocycles. The topological polar surface area (TPSA) is 40.5 Å². The van der Waals surface area contributed by atoms with Crippen LogP contribution in [0.3, 0.4) is 0 Å². The van der Waals surface area contributed by atoms with Crippen molar-refractivity contribution in [2.75, 3.05) is 13.1 Å². The van der Waals surface area contributed by atoms with Crippen LogP contribution in [0.1, 0.15) is 58.3 Å². The molecule has 17 heavy (non-hydrogen) atoms. The maximum absolute atomic E-state index is 11.2. The van der Waals surface area contributed by atoms with E-state index in [0.29, 0.717) is 12.3 Å². The van der Waals surface area contributed by atoms with Crippen LogP contribution in [0.15, 0.2) is 0 Å². The molecule has 3 heteroatoms. The number of rotatable bonds is 4. The molecule has 1 unspecified atom stereocenters. The lowest BCUT2D eigenvalue weighted by Crippen LogP contribution is -2.52. The standard InChI is InChI=1S/C14H25NO2/c1-14(11-13(16)17,15-9-5-6-10-15)12-7-3-2-4-8-12/h12H,2-11H2,1H3,(H,16,17). The number of nitrogens with zero attached hydrogens (tertiary/aromatic N) is 1. The molecule has 3 nitrogen and oxygen atoms in total. The van der Waals surface area contributed by atoms with Crippen molar-refractivity contribution in [3.8, 4) is 0 Å². The summed E-state index contributed by atoms with van der Waals surface area (Å²) in [5.74, 6) is -0.0459. The summed E-state index contributed by atoms with van der Waals surface area (Å²) in [7, 11) is 0. The van der Waals surface area contributed by atoms with E-state index in [2.05, 4.69) is 11.8 Å². The average molecular weight is 239 g/mol. The second-order valence-electron chi connectivity index (χ2n) is 5.96. The van der Waals surface area contributed by atoms with Gasteiger partial charge in [0, 0.05) is 5.54 Å². The van der Waals surface area contributed by atoms with Crippen molar-refractivity contribution in [1.29, 1.82) is 0 Å². The smallest absolute Gasteiger partial charge is 0.305 e. The lowest BCUT2D eigenvalue weighted by atomic mass is 9.73. The van der Waals surface area contributed by atoms with Gasteiger partial charge in [-0.3, -0.25) is 9.69 Å². The summed E-state index contributed by atoms with van der Waals surface area (Å²) < 4.78 is 0. The van der Waals surface area contributed by atoms with E-state index >= 15 is 0 Å². The molecular weight excluding hydrogens is 214 g/mol. The number of likely N-dealkylation sites (tertiary alicyclic amines) is 1. The SMILES string of the molecule is CC(CC(=O)O)(C1CCCCC1)N1CCCC1. The molecule has 0 amide bonds. The second kappa shape index (κ2) is 5.38. The molecule has 1 saturated carbocycles. The van der Waals surface area contributed by atoms with Gasteiger partial charge in [-0.2, -0.15) is 0 Å². The fourth-order valence-corrected chi connectivity index (χ4v) is 3.77. The van der Waals surface area contributed by atoms with Gasteiger partial charge in [0.05, 0.1) is 6.42 Å². The van der Waals surface area contributed by atoms with Crippen molar-refractivity contribution in [3.05, 3.63) is 0 Å². The first-order chi connectivity index (χ1) is 8.13. The van der Waals surface area contributed by atoms with Crippen LogP contribution < -0.4 is 0 Å². The van der Waals surface area contributed by atoms with E-state index in [1.54, 1.807) is 0 Å². The highest BCUT2D eigenvalue weighted by molar-refractivity contribution is 5.68. The molecule has 0 aromatic carbocycles. The minimum absolute atomic E-state index is 0.0945. The zero-order valence-electron chi connectivity index (χ0n) is 11.0. The minimum atomic E-state index is -0.634. The number of hydrogen-bond donors (Lipinski definition) is 1. The molecule has 1 heterocycles. The maximum atomic E-state index is 11.2. The second-order valence-corrected chi connectivity index (χ2v) is 5.96. The Kier molecular flexibility index (Phi) is 4.08. The van der Waals surface area contributed by atoms with E-state index in [1.165, 1.54) is 44.9 Å². The van der Waals surface area contributed by atoms with E-state index in [-0.39, 0.29) is 5.54 Å². The first kappa shape index (κ1) is 12.9. The predicted octanol–water partition coefficient (Wildman–Crippen LogP) is 2.90. The van der Waals surface area contributed by atoms with Crippen molar-refractivity contribution in [1.82, 2.24) is 4.90 Å². The fourth-order valence-electron chi connectivity index (χ4n) is 3.77. The summed E-state index contributed by atoms with van der Waals surface area (Å²) in [6, 6.07) is 0. The molecule has 0 bridgehead atoms. The summed E-state index contributed by atoms with van der Waals surface area (Å²) in [4.78, 5) is 13.6. The summed E-state index contributed by atoms with van der Waals surface area (Å²) >= 11 is 0. The van der Waals surface area contributed by atoms with Gasteiger partial charge in [0.25, 0.3) is 0 Å². The van der Waals surface area contributed by atoms with Crippen LogP contribution in [0.25, 0.3) is 0 Å². The van der Waals surface area contributed by atoms with Crippen LogP contribution in [0.5, 0.6) is 0 Å². The van der Waals surface area contributed by atoms with Gasteiger partial charge in [-0.25, -0.2) is 0 Å². The largest absolute Gasteiger partial charge is 0.481 e. The van der Waals surface area contributed by atoms with Crippen LogP contribution in [-0.2, 0) is 4.79 Å². The van der Waals surface area contributed by atoms with Crippen molar-refractivity contribution in [2.24, 2.45) is 5.92 Å². The van der Waals surface area contributed by atoms with Crippen LogP contribution in [0.2, 0.25) is 0 Å². The van der Waals surface area contributed by atoms with E-state index in [1.807, 2.05) is 0 Å². The van der Waals surface area contributed by atoms with Gasteiger partial charge in [-0.15, -0.1) is 0 Å². The molecular formula is C14H25NO2. The lowest BCUT2D eigenvalue weighted by Gasteiger charge is -2.45. The molecule has 0 aromatic rings. The Bertz CT molecular complexity index is 267. The van der Waals surface area contributed by atoms with Crippen molar-refractivity contribution in [2.45, 2.75) is 63.8 Å². The normalized spacial score (nSPS) is 26.9. The van der Waals surface area contributed by atoms with Gasteiger partial charge in [-0.1, -0.05) is 19.3 Å². The number of carboxylic acids is 1. The Morgan fingerprint density at radius 2 is 1.76 bits per heavy atom. The van der Waals surface area contributed by atoms with Gasteiger partial charge >= 0.3 is 5.97 Å². The van der Waals surface area contributed by atoms with Crippen molar-refractivity contribution >= 4 is 5.97 Å². The Balaban J connectivity index is 2.11. The van der Waals surface area contributed by atoms with E-state index in [4.69, 9.17) is 0 Å².